The molecule has 6 nitrogen and oxygen atoms in total. The van der Waals surface area contributed by atoms with Gasteiger partial charge in [0.25, 0.3) is 0 Å². The summed E-state index contributed by atoms with van der Waals surface area (Å²) in [5.41, 5.74) is 3.07. The van der Waals surface area contributed by atoms with Gasteiger partial charge in [-0.1, -0.05) is 28.4 Å². The molecular formula is C21H21Cl2N5O. The standard InChI is InChI=1S/C21H21Cl2N5O/c1-13-8-18(2-5-24-13)27-6-4-19-14(12-27)3-7-28(19)21-25-20(26-29-21)15-9-16(22)11-17(23)10-15/h2,5,8-11,14,19H,3-4,6-7,12H2,1H3. The van der Waals surface area contributed by atoms with Crippen molar-refractivity contribution in [2.24, 2.45) is 5.92 Å². The number of rotatable bonds is 3. The van der Waals surface area contributed by atoms with E-state index in [-0.39, 0.29) is 0 Å². The Balaban J connectivity index is 1.33. The molecule has 150 valence electrons. The van der Waals surface area contributed by atoms with Crippen LogP contribution in [0, 0.1) is 12.8 Å². The molecule has 2 unspecified atom stereocenters. The van der Waals surface area contributed by atoms with Crippen LogP contribution in [0.5, 0.6) is 0 Å². The maximum Gasteiger partial charge on any atom is 0.324 e. The summed E-state index contributed by atoms with van der Waals surface area (Å²) in [6, 6.07) is 10.5. The zero-order valence-corrected chi connectivity index (χ0v) is 17.6. The number of aryl methyl sites for hydroxylation is 1. The number of benzene rings is 1. The second kappa shape index (κ2) is 7.50. The highest BCUT2D eigenvalue weighted by atomic mass is 35.5. The second-order valence-corrected chi connectivity index (χ2v) is 8.63. The molecule has 8 heteroatoms. The van der Waals surface area contributed by atoms with Crippen molar-refractivity contribution in [3.05, 3.63) is 52.3 Å². The van der Waals surface area contributed by atoms with Crippen molar-refractivity contribution in [1.29, 1.82) is 0 Å². The number of fused-ring (bicyclic) bond motifs is 1. The molecule has 5 rings (SSSR count). The van der Waals surface area contributed by atoms with Crippen LogP contribution in [0.2, 0.25) is 10.0 Å². The van der Waals surface area contributed by atoms with Gasteiger partial charge in [0.05, 0.1) is 0 Å². The molecule has 0 saturated carbocycles. The Hall–Kier alpha value is -2.31. The monoisotopic (exact) mass is 429 g/mol. The molecule has 0 radical (unpaired) electrons. The molecule has 0 spiro atoms. The first kappa shape index (κ1) is 18.7. The first-order valence-corrected chi connectivity index (χ1v) is 10.6. The highest BCUT2D eigenvalue weighted by molar-refractivity contribution is 6.35. The summed E-state index contributed by atoms with van der Waals surface area (Å²) in [4.78, 5) is 13.7. The smallest absolute Gasteiger partial charge is 0.324 e. The predicted octanol–water partition coefficient (Wildman–Crippen LogP) is 4.85. The van der Waals surface area contributed by atoms with Crippen LogP contribution < -0.4 is 9.80 Å². The van der Waals surface area contributed by atoms with Gasteiger partial charge in [0.15, 0.2) is 0 Å². The predicted molar refractivity (Wildman–Crippen MR) is 115 cm³/mol. The molecule has 2 fully saturated rings. The Morgan fingerprint density at radius 3 is 2.69 bits per heavy atom. The minimum atomic E-state index is 0.422. The fourth-order valence-electron chi connectivity index (χ4n) is 4.52. The molecule has 4 heterocycles. The molecule has 2 aromatic heterocycles. The third-order valence-electron chi connectivity index (χ3n) is 5.86. The lowest BCUT2D eigenvalue weighted by Crippen LogP contribution is -2.46. The van der Waals surface area contributed by atoms with Gasteiger partial charge in [-0.15, -0.1) is 0 Å². The van der Waals surface area contributed by atoms with E-state index in [0.29, 0.717) is 33.8 Å². The molecule has 2 saturated heterocycles. The molecule has 2 aliphatic heterocycles. The van der Waals surface area contributed by atoms with Crippen LogP contribution in [-0.2, 0) is 0 Å². The second-order valence-electron chi connectivity index (χ2n) is 7.76. The fraction of sp³-hybridized carbons (Fsp3) is 0.381. The van der Waals surface area contributed by atoms with Gasteiger partial charge < -0.3 is 14.3 Å². The van der Waals surface area contributed by atoms with Gasteiger partial charge in [-0.05, 0) is 56.0 Å². The molecule has 0 aliphatic carbocycles. The lowest BCUT2D eigenvalue weighted by molar-refractivity contribution is 0.367. The highest BCUT2D eigenvalue weighted by Crippen LogP contribution is 2.36. The van der Waals surface area contributed by atoms with Crippen molar-refractivity contribution in [3.63, 3.8) is 0 Å². The Bertz CT molecular complexity index is 1020. The SMILES string of the molecule is Cc1cc(N2CCC3C(CCN3c3nc(-c4cc(Cl)cc(Cl)c4)no3)C2)ccn1. The molecule has 2 aliphatic rings. The lowest BCUT2D eigenvalue weighted by Gasteiger charge is -2.38. The van der Waals surface area contributed by atoms with Gasteiger partial charge >= 0.3 is 6.01 Å². The van der Waals surface area contributed by atoms with E-state index in [9.17, 15) is 0 Å². The Labute approximate surface area is 179 Å². The summed E-state index contributed by atoms with van der Waals surface area (Å²) in [6.45, 7) is 5.01. The molecule has 29 heavy (non-hydrogen) atoms. The quantitative estimate of drug-likeness (QED) is 0.592. The molecular weight excluding hydrogens is 409 g/mol. The number of pyridine rings is 1. The van der Waals surface area contributed by atoms with Crippen molar-refractivity contribution >= 4 is 34.9 Å². The number of piperidine rings is 1. The molecule has 0 N–H and O–H groups in total. The van der Waals surface area contributed by atoms with E-state index >= 15 is 0 Å². The normalized spacial score (nSPS) is 21.5. The first-order valence-electron chi connectivity index (χ1n) is 9.81. The van der Waals surface area contributed by atoms with E-state index in [4.69, 9.17) is 27.7 Å². The van der Waals surface area contributed by atoms with Crippen LogP contribution in [0.25, 0.3) is 11.4 Å². The van der Waals surface area contributed by atoms with Crippen LogP contribution >= 0.6 is 23.2 Å². The van der Waals surface area contributed by atoms with E-state index in [1.807, 2.05) is 13.1 Å². The van der Waals surface area contributed by atoms with Crippen molar-refractivity contribution in [2.75, 3.05) is 29.4 Å². The zero-order chi connectivity index (χ0) is 20.0. The maximum atomic E-state index is 6.11. The fourth-order valence-corrected chi connectivity index (χ4v) is 5.04. The summed E-state index contributed by atoms with van der Waals surface area (Å²) >= 11 is 12.2. The Kier molecular flexibility index (Phi) is 4.84. The van der Waals surface area contributed by atoms with Gasteiger partial charge in [0, 0.05) is 58.9 Å². The molecule has 2 atom stereocenters. The van der Waals surface area contributed by atoms with Gasteiger partial charge in [-0.2, -0.15) is 4.98 Å². The zero-order valence-electron chi connectivity index (χ0n) is 16.1. The Morgan fingerprint density at radius 2 is 1.90 bits per heavy atom. The van der Waals surface area contributed by atoms with Crippen molar-refractivity contribution < 1.29 is 4.52 Å². The summed E-state index contributed by atoms with van der Waals surface area (Å²) in [5, 5.41) is 5.27. The largest absolute Gasteiger partial charge is 0.371 e. The van der Waals surface area contributed by atoms with Gasteiger partial charge in [0.1, 0.15) is 0 Å². The maximum absolute atomic E-state index is 6.11. The van der Waals surface area contributed by atoms with Gasteiger partial charge in [-0.25, -0.2) is 0 Å². The third-order valence-corrected chi connectivity index (χ3v) is 6.30. The third kappa shape index (κ3) is 3.67. The van der Waals surface area contributed by atoms with E-state index in [1.54, 1.807) is 18.2 Å². The molecule has 3 aromatic rings. The number of hydrogen-bond acceptors (Lipinski definition) is 6. The van der Waals surface area contributed by atoms with Crippen LogP contribution in [0.3, 0.4) is 0 Å². The molecule has 0 amide bonds. The number of aromatic nitrogens is 3. The lowest BCUT2D eigenvalue weighted by atomic mass is 9.92. The minimum absolute atomic E-state index is 0.422. The van der Waals surface area contributed by atoms with E-state index in [2.05, 4.69) is 37.1 Å². The number of nitrogens with zero attached hydrogens (tertiary/aromatic N) is 5. The van der Waals surface area contributed by atoms with Gasteiger partial charge in [-0.3, -0.25) is 4.98 Å². The molecule has 0 bridgehead atoms. The summed E-state index contributed by atoms with van der Waals surface area (Å²) in [6.07, 6.45) is 4.07. The summed E-state index contributed by atoms with van der Waals surface area (Å²) in [7, 11) is 0. The minimum Gasteiger partial charge on any atom is -0.371 e. The first-order chi connectivity index (χ1) is 14.1. The van der Waals surface area contributed by atoms with Crippen LogP contribution in [0.1, 0.15) is 18.5 Å². The molecule has 1 aromatic carbocycles. The number of hydrogen-bond donors (Lipinski definition) is 0. The van der Waals surface area contributed by atoms with Crippen molar-refractivity contribution in [3.8, 4) is 11.4 Å². The average Bonchev–Trinajstić information content (AvgIpc) is 3.33. The summed E-state index contributed by atoms with van der Waals surface area (Å²) in [5.74, 6) is 1.09. The van der Waals surface area contributed by atoms with Crippen LogP contribution in [-0.4, -0.2) is 40.8 Å². The number of anilines is 2. The highest BCUT2D eigenvalue weighted by Gasteiger charge is 2.40. The Morgan fingerprint density at radius 1 is 1.07 bits per heavy atom. The van der Waals surface area contributed by atoms with Crippen LogP contribution in [0.4, 0.5) is 11.7 Å². The van der Waals surface area contributed by atoms with E-state index < -0.39 is 0 Å². The average molecular weight is 430 g/mol. The van der Waals surface area contributed by atoms with Crippen molar-refractivity contribution in [1.82, 2.24) is 15.1 Å². The topological polar surface area (TPSA) is 58.3 Å². The van der Waals surface area contributed by atoms with Crippen molar-refractivity contribution in [2.45, 2.75) is 25.8 Å². The van der Waals surface area contributed by atoms with Gasteiger partial charge in [0.2, 0.25) is 5.82 Å². The van der Waals surface area contributed by atoms with Crippen LogP contribution in [0.15, 0.2) is 41.1 Å². The van der Waals surface area contributed by atoms with E-state index in [1.165, 1.54) is 5.69 Å². The summed E-state index contributed by atoms with van der Waals surface area (Å²) < 4.78 is 5.62. The number of halogens is 2. The van der Waals surface area contributed by atoms with E-state index in [0.717, 1.165) is 43.7 Å².